The Labute approximate surface area is 399 Å². The number of likely N-dealkylation sites (tertiary alicyclic amines) is 1. The highest BCUT2D eigenvalue weighted by molar-refractivity contribution is 7.98. The number of carbonyl (C=O) groups excluding carboxylic acids is 7. The second-order valence-electron chi connectivity index (χ2n) is 17.7. The third kappa shape index (κ3) is 18.3. The van der Waals surface area contributed by atoms with Crippen molar-refractivity contribution in [2.24, 2.45) is 23.7 Å². The molecule has 0 bridgehead atoms. The van der Waals surface area contributed by atoms with Gasteiger partial charge in [-0.25, -0.2) is 9.78 Å². The number of alkyl carbamates (subject to hydrolysis) is 1. The van der Waals surface area contributed by atoms with E-state index in [2.05, 4.69) is 20.5 Å². The average molecular weight is 960 g/mol. The summed E-state index contributed by atoms with van der Waals surface area (Å²) in [4.78, 5) is 102. The number of amides is 3. The maximum Gasteiger partial charge on any atom is 0.407 e. The summed E-state index contributed by atoms with van der Waals surface area (Å²) in [6.07, 6.45) is 4.83. The van der Waals surface area contributed by atoms with Gasteiger partial charge in [-0.15, -0.1) is 11.3 Å². The highest BCUT2D eigenvalue weighted by Gasteiger charge is 2.40. The summed E-state index contributed by atoms with van der Waals surface area (Å²) < 4.78 is 16.7. The number of ketones is 2. The molecule has 1 saturated heterocycles. The zero-order valence-electron chi connectivity index (χ0n) is 40.3. The lowest BCUT2D eigenvalue weighted by atomic mass is 9.82. The van der Waals surface area contributed by atoms with Gasteiger partial charge in [-0.05, 0) is 81.5 Å². The predicted octanol–water partition coefficient (Wildman–Crippen LogP) is 7.13. The molecular formula is C48H73N5O11S2. The molecular weight excluding hydrogens is 887 g/mol. The highest BCUT2D eigenvalue weighted by atomic mass is 32.2. The predicted molar refractivity (Wildman–Crippen MR) is 255 cm³/mol. The molecule has 368 valence electrons. The highest BCUT2D eigenvalue weighted by Crippen LogP contribution is 2.34. The number of thioether (sulfide) groups is 1. The Morgan fingerprint density at radius 1 is 1.02 bits per heavy atom. The Balaban J connectivity index is 1.92. The van der Waals surface area contributed by atoms with Crippen molar-refractivity contribution in [1.29, 1.82) is 0 Å². The lowest BCUT2D eigenvalue weighted by Crippen LogP contribution is -2.50. The number of hydrogen-bond donors (Lipinski definition) is 3. The van der Waals surface area contributed by atoms with Crippen LogP contribution in [0.5, 0.6) is 5.75 Å². The molecule has 0 spiro atoms. The van der Waals surface area contributed by atoms with Gasteiger partial charge < -0.3 is 34.9 Å². The van der Waals surface area contributed by atoms with Crippen LogP contribution in [0.25, 0.3) is 0 Å². The normalized spacial score (nSPS) is 16.8. The summed E-state index contributed by atoms with van der Waals surface area (Å²) in [5, 5.41) is 17.2. The number of carbonyl (C=O) groups is 7. The first kappa shape index (κ1) is 55.8. The van der Waals surface area contributed by atoms with E-state index >= 15 is 0 Å². The molecule has 1 aliphatic heterocycles. The lowest BCUT2D eigenvalue weighted by Gasteiger charge is -2.39. The van der Waals surface area contributed by atoms with Crippen LogP contribution in [-0.2, 0) is 44.6 Å². The summed E-state index contributed by atoms with van der Waals surface area (Å²) in [7, 11) is 1.94. The second kappa shape index (κ2) is 28.6. The van der Waals surface area contributed by atoms with Crippen molar-refractivity contribution in [2.45, 2.75) is 137 Å². The molecule has 3 N–H and O–H groups in total. The molecule has 16 nitrogen and oxygen atoms in total. The van der Waals surface area contributed by atoms with E-state index in [1.165, 1.54) is 35.7 Å². The van der Waals surface area contributed by atoms with Crippen molar-refractivity contribution in [3.8, 4) is 5.75 Å². The van der Waals surface area contributed by atoms with Crippen LogP contribution in [-0.4, -0.2) is 125 Å². The Bertz CT molecular complexity index is 1890. The van der Waals surface area contributed by atoms with Crippen LogP contribution in [0.4, 0.5) is 4.79 Å². The number of nitrogens with one attached hydrogen (secondary N) is 2. The van der Waals surface area contributed by atoms with Gasteiger partial charge in [0.25, 0.3) is 5.91 Å². The maximum absolute atomic E-state index is 14.9. The molecule has 2 heterocycles. The first-order valence-corrected chi connectivity index (χ1v) is 25.5. The van der Waals surface area contributed by atoms with Crippen LogP contribution in [0.1, 0.15) is 133 Å². The van der Waals surface area contributed by atoms with E-state index in [1.807, 2.05) is 47.9 Å². The van der Waals surface area contributed by atoms with Crippen LogP contribution in [0.2, 0.25) is 0 Å². The number of aromatic hydroxyl groups is 1. The smallest absolute Gasteiger partial charge is 0.407 e. The summed E-state index contributed by atoms with van der Waals surface area (Å²) in [5.74, 6) is -3.17. The largest absolute Gasteiger partial charge is 0.508 e. The Hall–Kier alpha value is -4.55. The number of thiazole rings is 1. The minimum atomic E-state index is -1.01. The number of likely N-dealkylation sites (N-methyl/N-ethyl adjacent to an activating group) is 1. The molecule has 7 atom stereocenters. The zero-order chi connectivity index (χ0) is 48.9. The van der Waals surface area contributed by atoms with Gasteiger partial charge in [-0.3, -0.25) is 33.7 Å². The van der Waals surface area contributed by atoms with E-state index in [1.54, 1.807) is 24.4 Å². The minimum Gasteiger partial charge on any atom is -0.508 e. The first-order valence-electron chi connectivity index (χ1n) is 23.2. The van der Waals surface area contributed by atoms with E-state index in [4.69, 9.17) is 14.2 Å². The van der Waals surface area contributed by atoms with Crippen LogP contribution < -0.4 is 10.6 Å². The standard InChI is InChI=1S/C48H73N5O11S2/c1-10-14-44(58)63-29-53(47(60)37(31(5)11-2)25-41(56)39-15-12-13-20-52(39)8)40(30(3)4)26-43(64-33(7)54)46-51-38(28-66-46)45(59)50-35(24-34-16-18-36(55)19-17-34)23-32(6)42(57)27-49-48(61)62-21-22-65-9/h16-19,28,30-32,35,37,39-40,43,55H,10-15,20-27,29H2,1-9H3,(H,49,61)(H,50,59)/t31-,32+,35-,37+,39-,40-,43-/m1/s1. The number of rotatable bonds is 28. The Morgan fingerprint density at radius 3 is 2.35 bits per heavy atom. The van der Waals surface area contributed by atoms with Crippen LogP contribution in [0, 0.1) is 23.7 Å². The minimum absolute atomic E-state index is 0.00811. The maximum atomic E-state index is 14.9. The number of aromatic nitrogens is 1. The summed E-state index contributed by atoms with van der Waals surface area (Å²) >= 11 is 2.64. The topological polar surface area (TPSA) is 211 Å². The molecule has 1 aromatic heterocycles. The fourth-order valence-electron chi connectivity index (χ4n) is 8.05. The van der Waals surface area contributed by atoms with Gasteiger partial charge in [0.1, 0.15) is 23.1 Å². The van der Waals surface area contributed by atoms with Crippen molar-refractivity contribution in [3.05, 3.63) is 45.9 Å². The number of benzene rings is 1. The van der Waals surface area contributed by atoms with Gasteiger partial charge >= 0.3 is 18.0 Å². The number of esters is 2. The van der Waals surface area contributed by atoms with Crippen molar-refractivity contribution < 1.29 is 52.9 Å². The van der Waals surface area contributed by atoms with Crippen molar-refractivity contribution >= 4 is 64.5 Å². The van der Waals surface area contributed by atoms with Crippen molar-refractivity contribution in [3.63, 3.8) is 0 Å². The fourth-order valence-corrected chi connectivity index (χ4v) is 9.14. The van der Waals surface area contributed by atoms with E-state index in [-0.39, 0.29) is 92.4 Å². The number of ether oxygens (including phenoxy) is 3. The molecule has 2 aromatic rings. The Kier molecular flexibility index (Phi) is 24.2. The number of Topliss-reactive ketones (excluding diaryl/α,β-unsaturated/α-hetero) is 2. The fraction of sp³-hybridized carbons (Fsp3) is 0.667. The molecule has 3 rings (SSSR count). The van der Waals surface area contributed by atoms with E-state index < -0.39 is 54.0 Å². The van der Waals surface area contributed by atoms with Crippen LogP contribution in [0.15, 0.2) is 29.6 Å². The Morgan fingerprint density at radius 2 is 1.73 bits per heavy atom. The molecule has 3 amide bonds. The van der Waals surface area contributed by atoms with E-state index in [0.717, 1.165) is 42.7 Å². The summed E-state index contributed by atoms with van der Waals surface area (Å²) in [6, 6.07) is 5.00. The SMILES string of the molecule is CCCC(=O)OCN(C(=O)[C@@H](CC(=O)[C@H]1CCCCN1C)[C@H](C)CC)[C@H](C[C@@H](OC(C)=O)c1nc(C(=O)N[C@@H](Cc2ccc(O)cc2)C[C@H](C)C(=O)CNC(=O)OCCSC)cs1)C(C)C. The van der Waals surface area contributed by atoms with Crippen molar-refractivity contribution in [1.82, 2.24) is 25.4 Å². The molecule has 1 aliphatic rings. The monoisotopic (exact) mass is 959 g/mol. The molecule has 66 heavy (non-hydrogen) atoms. The van der Waals surface area contributed by atoms with E-state index in [0.29, 0.717) is 30.0 Å². The van der Waals surface area contributed by atoms with Crippen LogP contribution >= 0.6 is 23.1 Å². The van der Waals surface area contributed by atoms with E-state index in [9.17, 15) is 38.7 Å². The molecule has 0 unspecified atom stereocenters. The number of piperidine rings is 1. The van der Waals surface area contributed by atoms with Gasteiger partial charge in [0.2, 0.25) is 5.91 Å². The van der Waals surface area contributed by atoms with Gasteiger partial charge in [0.05, 0.1) is 12.6 Å². The lowest BCUT2D eigenvalue weighted by molar-refractivity contribution is -0.161. The molecule has 0 radical (unpaired) electrons. The van der Waals surface area contributed by atoms with Gasteiger partial charge in [-0.2, -0.15) is 11.8 Å². The first-order chi connectivity index (χ1) is 31.4. The van der Waals surface area contributed by atoms with Gasteiger partial charge in [0.15, 0.2) is 24.4 Å². The summed E-state index contributed by atoms with van der Waals surface area (Å²) in [6.45, 7) is 13.0. The quantitative estimate of drug-likeness (QED) is 0.0336. The second-order valence-corrected chi connectivity index (χ2v) is 19.6. The molecule has 0 saturated carbocycles. The number of phenolic OH excluding ortho intramolecular Hbond substituents is 1. The molecule has 18 heteroatoms. The van der Waals surface area contributed by atoms with Gasteiger partial charge in [0, 0.05) is 61.2 Å². The van der Waals surface area contributed by atoms with Crippen LogP contribution in [0.3, 0.4) is 0 Å². The average Bonchev–Trinajstić information content (AvgIpc) is 3.78. The zero-order valence-corrected chi connectivity index (χ0v) is 41.9. The third-order valence-electron chi connectivity index (χ3n) is 12.1. The molecule has 1 fully saturated rings. The third-order valence-corrected chi connectivity index (χ3v) is 13.7. The number of phenols is 1. The number of nitrogens with zero attached hydrogens (tertiary/aromatic N) is 3. The molecule has 0 aliphatic carbocycles. The van der Waals surface area contributed by atoms with Crippen molar-refractivity contribution in [2.75, 3.05) is 45.5 Å². The molecule has 1 aromatic carbocycles. The van der Waals surface area contributed by atoms with Gasteiger partial charge in [-0.1, -0.05) is 66.5 Å². The summed E-state index contributed by atoms with van der Waals surface area (Å²) in [5.41, 5.74) is 0.838. The number of hydrogen-bond acceptors (Lipinski definition) is 15.